The van der Waals surface area contributed by atoms with E-state index in [0.717, 1.165) is 30.4 Å². The molecule has 0 radical (unpaired) electrons. The zero-order valence-electron chi connectivity index (χ0n) is 23.7. The largest absolute Gasteiger partial charge is 0.756 e. The monoisotopic (exact) mass is 567 g/mol. The van der Waals surface area contributed by atoms with Crippen LogP contribution in [-0.4, -0.2) is 16.7 Å². The molecule has 2 aromatic rings. The van der Waals surface area contributed by atoms with Gasteiger partial charge in [0.05, 0.1) is 6.61 Å². The molecule has 0 spiro atoms. The van der Waals surface area contributed by atoms with Crippen molar-refractivity contribution in [1.29, 1.82) is 0 Å². The number of phenolic OH excluding ortho intramolecular Hbond substituents is 1. The number of benzene rings is 2. The first kappa shape index (κ1) is 30.3. The maximum atomic E-state index is 13.8. The molecule has 3 atom stereocenters. The molecule has 40 heavy (non-hydrogen) atoms. The molecule has 1 unspecified atom stereocenters. The molecule has 1 saturated carbocycles. The molecule has 7 nitrogen and oxygen atoms in total. The predicted molar refractivity (Wildman–Crippen MR) is 153 cm³/mol. The Bertz CT molecular complexity index is 1290. The van der Waals surface area contributed by atoms with Gasteiger partial charge in [0.2, 0.25) is 0 Å². The van der Waals surface area contributed by atoms with Gasteiger partial charge in [-0.05, 0) is 88.0 Å². The van der Waals surface area contributed by atoms with Crippen LogP contribution in [0, 0.1) is 5.92 Å². The number of phosphoric acid groups is 1. The van der Waals surface area contributed by atoms with E-state index in [1.165, 1.54) is 5.57 Å². The number of aryl methyl sites for hydroxylation is 1. The number of esters is 1. The van der Waals surface area contributed by atoms with Gasteiger partial charge in [0, 0.05) is 11.5 Å². The van der Waals surface area contributed by atoms with Gasteiger partial charge < -0.3 is 19.3 Å². The fraction of sp³-hybridized carbons (Fsp3) is 0.469. The van der Waals surface area contributed by atoms with Gasteiger partial charge in [-0.3, -0.25) is 9.09 Å². The highest BCUT2D eigenvalue weighted by molar-refractivity contribution is 7.45. The van der Waals surface area contributed by atoms with E-state index in [1.807, 2.05) is 19.9 Å². The molecule has 4 rings (SSSR count). The van der Waals surface area contributed by atoms with Crippen LogP contribution in [-0.2, 0) is 31.4 Å². The number of rotatable bonds is 11. The van der Waals surface area contributed by atoms with E-state index < -0.39 is 19.4 Å². The second-order valence-corrected chi connectivity index (χ2v) is 12.5. The highest BCUT2D eigenvalue weighted by Crippen LogP contribution is 2.51. The lowest BCUT2D eigenvalue weighted by molar-refractivity contribution is -0.238. The Balaban J connectivity index is 1.65. The number of hydrogen-bond acceptors (Lipinski definition) is 7. The quantitative estimate of drug-likeness (QED) is 0.132. The summed E-state index contributed by atoms with van der Waals surface area (Å²) in [5.41, 5.74) is 2.50. The third-order valence-electron chi connectivity index (χ3n) is 7.94. The molecular weight excluding hydrogens is 527 g/mol. The molecule has 0 saturated heterocycles. The first-order valence-electron chi connectivity index (χ1n) is 14.1. The fourth-order valence-corrected chi connectivity index (χ4v) is 6.91. The number of hydrogen-bond donors (Lipinski definition) is 1. The van der Waals surface area contributed by atoms with Gasteiger partial charge in [-0.15, -0.1) is 0 Å². The Morgan fingerprint density at radius 3 is 2.52 bits per heavy atom. The minimum absolute atomic E-state index is 0.0537. The molecule has 0 aromatic heterocycles. The first-order chi connectivity index (χ1) is 19.0. The molecule has 8 heteroatoms. The Labute approximate surface area is 237 Å². The van der Waals surface area contributed by atoms with E-state index in [0.29, 0.717) is 30.4 Å². The summed E-state index contributed by atoms with van der Waals surface area (Å²) < 4.78 is 29.6. The van der Waals surface area contributed by atoms with Crippen LogP contribution in [0.15, 0.2) is 66.3 Å². The maximum Gasteiger partial charge on any atom is 0.344 e. The lowest BCUT2D eigenvalue weighted by atomic mass is 9.73. The van der Waals surface area contributed by atoms with E-state index in [2.05, 4.69) is 19.6 Å². The third kappa shape index (κ3) is 7.13. The third-order valence-corrected chi connectivity index (χ3v) is 8.96. The van der Waals surface area contributed by atoms with Crippen molar-refractivity contribution in [2.45, 2.75) is 90.3 Å². The number of carbonyl (C=O) groups is 1. The van der Waals surface area contributed by atoms with Crippen LogP contribution in [0.2, 0.25) is 0 Å². The topological polar surface area (TPSA) is 105 Å². The second kappa shape index (κ2) is 12.9. The van der Waals surface area contributed by atoms with Gasteiger partial charge in [-0.1, -0.05) is 67.5 Å². The second-order valence-electron chi connectivity index (χ2n) is 11.2. The molecule has 2 aliphatic carbocycles. The van der Waals surface area contributed by atoms with Crippen LogP contribution in [0.5, 0.6) is 11.5 Å². The fourth-order valence-electron chi connectivity index (χ4n) is 5.87. The summed E-state index contributed by atoms with van der Waals surface area (Å²) >= 11 is 0. The van der Waals surface area contributed by atoms with Crippen molar-refractivity contribution in [3.63, 3.8) is 0 Å². The van der Waals surface area contributed by atoms with Gasteiger partial charge in [0.15, 0.2) is 5.60 Å². The van der Waals surface area contributed by atoms with Crippen molar-refractivity contribution >= 4 is 13.8 Å². The number of phosphoric ester groups is 1. The van der Waals surface area contributed by atoms with Crippen LogP contribution in [0.25, 0.3) is 0 Å². The Kier molecular flexibility index (Phi) is 9.73. The van der Waals surface area contributed by atoms with Gasteiger partial charge >= 0.3 is 5.97 Å². The standard InChI is InChI=1S/C32H41O7P/c1-5-11-25-19-28(33)30(27-18-23(4)14-15-26(27)22(2)3)29(20-25)38-31(34)32(16-9-10-17-32)39-40(35,36)37-21-24-12-7-6-8-13-24/h6-8,12-13,18-20,26-27,33H,2,5,9-11,14-17,21H2,1,3-4H3,(H,35,36)/p-1/t26-,27+/m0/s1. The molecule has 2 aromatic carbocycles. The summed E-state index contributed by atoms with van der Waals surface area (Å²) in [6.07, 6.45) is 7.06. The summed E-state index contributed by atoms with van der Waals surface area (Å²) in [6, 6.07) is 12.4. The van der Waals surface area contributed by atoms with Crippen molar-refractivity contribution < 1.29 is 33.1 Å². The van der Waals surface area contributed by atoms with E-state index in [4.69, 9.17) is 13.8 Å². The van der Waals surface area contributed by atoms with Gasteiger partial charge in [0.1, 0.15) is 11.5 Å². The SMILES string of the molecule is C=C(C)[C@@H]1CCC(C)=C[C@H]1c1c(O)cc(CCC)cc1OC(=O)C1(OP(=O)([O-])OCc2ccccc2)CCCC1. The van der Waals surface area contributed by atoms with E-state index in [-0.39, 0.29) is 42.8 Å². The average Bonchev–Trinajstić information content (AvgIpc) is 3.37. The van der Waals surface area contributed by atoms with Crippen LogP contribution in [0.3, 0.4) is 0 Å². The Hall–Kier alpha value is -2.70. The minimum atomic E-state index is -4.85. The number of aromatic hydroxyl groups is 1. The number of carbonyl (C=O) groups excluding carboxylic acids is 1. The van der Waals surface area contributed by atoms with Crippen LogP contribution >= 0.6 is 7.82 Å². The summed E-state index contributed by atoms with van der Waals surface area (Å²) in [6.45, 7) is 10.0. The molecule has 0 aliphatic heterocycles. The van der Waals surface area contributed by atoms with Gasteiger partial charge in [-0.2, -0.15) is 0 Å². The molecule has 1 fully saturated rings. The summed E-state index contributed by atoms with van der Waals surface area (Å²) in [4.78, 5) is 26.7. The first-order valence-corrected chi connectivity index (χ1v) is 15.6. The summed E-state index contributed by atoms with van der Waals surface area (Å²) in [7, 11) is -4.85. The predicted octanol–water partition coefficient (Wildman–Crippen LogP) is 7.28. The zero-order chi connectivity index (χ0) is 28.9. The average molecular weight is 568 g/mol. The van der Waals surface area contributed by atoms with Crippen molar-refractivity contribution in [1.82, 2.24) is 0 Å². The highest BCUT2D eigenvalue weighted by atomic mass is 31.2. The molecule has 0 bridgehead atoms. The minimum Gasteiger partial charge on any atom is -0.756 e. The molecule has 0 amide bonds. The Morgan fingerprint density at radius 2 is 1.88 bits per heavy atom. The van der Waals surface area contributed by atoms with Crippen LogP contribution in [0.1, 0.15) is 88.3 Å². The van der Waals surface area contributed by atoms with Crippen LogP contribution < -0.4 is 9.63 Å². The highest BCUT2D eigenvalue weighted by Gasteiger charge is 2.47. The summed E-state index contributed by atoms with van der Waals surface area (Å²) in [5.74, 6) is -0.671. The van der Waals surface area contributed by atoms with Gasteiger partial charge in [0.25, 0.3) is 7.82 Å². The van der Waals surface area contributed by atoms with Crippen molar-refractivity contribution in [3.8, 4) is 11.5 Å². The van der Waals surface area contributed by atoms with Crippen molar-refractivity contribution in [2.75, 3.05) is 0 Å². The van der Waals surface area contributed by atoms with Crippen molar-refractivity contribution in [3.05, 3.63) is 83.0 Å². The number of ether oxygens (including phenoxy) is 1. The van der Waals surface area contributed by atoms with Crippen molar-refractivity contribution in [2.24, 2.45) is 5.92 Å². The number of allylic oxidation sites excluding steroid dienone is 3. The number of phenols is 1. The van der Waals surface area contributed by atoms with E-state index in [1.54, 1.807) is 36.4 Å². The smallest absolute Gasteiger partial charge is 0.344 e. The molecule has 0 heterocycles. The van der Waals surface area contributed by atoms with E-state index >= 15 is 0 Å². The molecule has 1 N–H and O–H groups in total. The van der Waals surface area contributed by atoms with Gasteiger partial charge in [-0.25, -0.2) is 4.79 Å². The molecule has 2 aliphatic rings. The van der Waals surface area contributed by atoms with Crippen LogP contribution in [0.4, 0.5) is 0 Å². The normalized spacial score (nSPS) is 21.9. The lowest BCUT2D eigenvalue weighted by Gasteiger charge is -2.35. The maximum absolute atomic E-state index is 13.8. The Morgan fingerprint density at radius 1 is 1.18 bits per heavy atom. The summed E-state index contributed by atoms with van der Waals surface area (Å²) in [5, 5.41) is 11.2. The molecule has 216 valence electrons. The van der Waals surface area contributed by atoms with E-state index in [9.17, 15) is 19.4 Å². The zero-order valence-corrected chi connectivity index (χ0v) is 24.6. The lowest BCUT2D eigenvalue weighted by Crippen LogP contribution is -2.42. The molecular formula is C32H40O7P-.